The lowest BCUT2D eigenvalue weighted by Crippen LogP contribution is -2.88. The molecule has 4 aromatic rings. The maximum absolute atomic E-state index is 15.6. The predicted octanol–water partition coefficient (Wildman–Crippen LogP) is 5.87. The molecule has 0 radical (unpaired) electrons. The van der Waals surface area contributed by atoms with Crippen molar-refractivity contribution >= 4 is 22.7 Å². The van der Waals surface area contributed by atoms with Gasteiger partial charge >= 0.3 is 6.28 Å². The summed E-state index contributed by atoms with van der Waals surface area (Å²) in [5, 5.41) is 0. The zero-order chi connectivity index (χ0) is 33.4. The molecule has 1 heterocycles. The van der Waals surface area contributed by atoms with Crippen LogP contribution in [-0.2, 0) is 5.41 Å². The highest BCUT2D eigenvalue weighted by atomic mass is 19.2. The molecule has 0 saturated heterocycles. The second-order valence-corrected chi connectivity index (χ2v) is 10.6. The van der Waals surface area contributed by atoms with Gasteiger partial charge in [-0.05, 0) is 27.4 Å². The van der Waals surface area contributed by atoms with Crippen molar-refractivity contribution in [2.24, 2.45) is 0 Å². The molecular formula is C27H13BF15N. The number of hydrogen-bond donors (Lipinski definition) is 0. The Balaban J connectivity index is 2.53. The molecule has 0 aliphatic carbocycles. The zero-order valence-corrected chi connectivity index (χ0v) is 22.0. The van der Waals surface area contributed by atoms with Crippen LogP contribution in [-0.4, -0.2) is 6.28 Å². The van der Waals surface area contributed by atoms with Gasteiger partial charge in [0.05, 0.1) is 0 Å². The quantitative estimate of drug-likeness (QED) is 0.113. The SMILES string of the molecule is CC(C)(C)c1cc[n+]([B-](c2c(F)c(F)c(F)c(F)c2F)(c2c(F)c(F)c(F)c(F)c2F)c2c(F)c(F)c(F)c(F)c2F)cc1. The maximum Gasteiger partial charge on any atom is 0.377 e. The Morgan fingerprint density at radius 3 is 0.795 bits per heavy atom. The van der Waals surface area contributed by atoms with E-state index in [1.807, 2.05) is 0 Å². The Hall–Kier alpha value is -4.18. The van der Waals surface area contributed by atoms with E-state index in [1.54, 1.807) is 0 Å². The van der Waals surface area contributed by atoms with Gasteiger partial charge in [-0.3, -0.25) is 0 Å². The average Bonchev–Trinajstić information content (AvgIpc) is 2.98. The highest BCUT2D eigenvalue weighted by molar-refractivity contribution is 7.05. The molecule has 1 nitrogen and oxygen atoms in total. The van der Waals surface area contributed by atoms with E-state index in [2.05, 4.69) is 0 Å². The molecule has 0 unspecified atom stereocenters. The van der Waals surface area contributed by atoms with Crippen molar-refractivity contribution in [1.82, 2.24) is 0 Å². The van der Waals surface area contributed by atoms with Gasteiger partial charge in [-0.2, -0.15) is 0 Å². The third-order valence-electron chi connectivity index (χ3n) is 7.15. The Morgan fingerprint density at radius 2 is 0.591 bits per heavy atom. The van der Waals surface area contributed by atoms with Crippen LogP contribution in [0.1, 0.15) is 26.3 Å². The van der Waals surface area contributed by atoms with Crippen LogP contribution >= 0.6 is 0 Å². The van der Waals surface area contributed by atoms with Crippen molar-refractivity contribution in [1.29, 1.82) is 0 Å². The molecule has 0 spiro atoms. The molecule has 0 fully saturated rings. The molecule has 0 bridgehead atoms. The number of benzene rings is 3. The van der Waals surface area contributed by atoms with Crippen molar-refractivity contribution in [3.63, 3.8) is 0 Å². The molecule has 234 valence electrons. The van der Waals surface area contributed by atoms with Gasteiger partial charge in [0.25, 0.3) is 0 Å². The van der Waals surface area contributed by atoms with Crippen LogP contribution in [0.5, 0.6) is 0 Å². The molecular weight excluding hydrogens is 634 g/mol. The standard InChI is InChI=1S/C27H13BF15N/c1-27(2,3)8-4-6-44(7-5-8)28(9-12(29)18(35)24(41)19(36)13(9)30,10-14(31)20(37)25(42)21(38)15(10)32)11-16(33)22(39)26(43)23(40)17(11)34/h4-7H,1-3H3. The first kappa shape index (κ1) is 32.7. The lowest BCUT2D eigenvalue weighted by atomic mass is 9.23. The Labute approximate surface area is 237 Å². The summed E-state index contributed by atoms with van der Waals surface area (Å²) in [6.07, 6.45) is -5.06. The summed E-state index contributed by atoms with van der Waals surface area (Å²) in [5.41, 5.74) is -8.83. The van der Waals surface area contributed by atoms with E-state index < -0.39 is 115 Å². The summed E-state index contributed by atoms with van der Waals surface area (Å²) in [4.78, 5) is 0. The summed E-state index contributed by atoms with van der Waals surface area (Å²) >= 11 is 0. The fraction of sp³-hybridized carbons (Fsp3) is 0.148. The molecule has 4 rings (SSSR count). The number of pyridine rings is 1. The van der Waals surface area contributed by atoms with Crippen LogP contribution < -0.4 is 20.9 Å². The van der Waals surface area contributed by atoms with Gasteiger partial charge in [0.1, 0.15) is 47.3 Å². The highest BCUT2D eigenvalue weighted by Crippen LogP contribution is 2.28. The Bertz CT molecular complexity index is 1590. The first-order valence-electron chi connectivity index (χ1n) is 12.0. The van der Waals surface area contributed by atoms with E-state index in [4.69, 9.17) is 0 Å². The van der Waals surface area contributed by atoms with Crippen LogP contribution in [0.4, 0.5) is 65.9 Å². The summed E-state index contributed by atoms with van der Waals surface area (Å²) in [6.45, 7) is 4.59. The molecule has 0 N–H and O–H groups in total. The zero-order valence-electron chi connectivity index (χ0n) is 22.0. The van der Waals surface area contributed by atoms with Crippen molar-refractivity contribution in [3.8, 4) is 0 Å². The molecule has 0 saturated carbocycles. The van der Waals surface area contributed by atoms with Crippen molar-refractivity contribution in [2.45, 2.75) is 26.2 Å². The lowest BCUT2D eigenvalue weighted by Gasteiger charge is -2.38. The summed E-state index contributed by atoms with van der Waals surface area (Å²) < 4.78 is 223. The van der Waals surface area contributed by atoms with Gasteiger partial charge in [0, 0.05) is 12.1 Å². The van der Waals surface area contributed by atoms with Crippen molar-refractivity contribution < 1.29 is 70.3 Å². The lowest BCUT2D eigenvalue weighted by molar-refractivity contribution is -0.539. The van der Waals surface area contributed by atoms with Gasteiger partial charge in [-0.25, -0.2) is 65.9 Å². The normalized spacial score (nSPS) is 12.3. The molecule has 17 heteroatoms. The number of hydrogen-bond acceptors (Lipinski definition) is 0. The minimum absolute atomic E-state index is 0.163. The molecule has 0 atom stereocenters. The third kappa shape index (κ3) is 4.41. The molecule has 0 amide bonds. The monoisotopic (exact) mass is 647 g/mol. The van der Waals surface area contributed by atoms with E-state index in [1.165, 1.54) is 20.8 Å². The van der Waals surface area contributed by atoms with Gasteiger partial charge in [-0.1, -0.05) is 20.8 Å². The van der Waals surface area contributed by atoms with Crippen LogP contribution in [0.3, 0.4) is 0 Å². The molecule has 0 aliphatic heterocycles. The van der Waals surface area contributed by atoms with Crippen LogP contribution in [0.25, 0.3) is 0 Å². The first-order valence-corrected chi connectivity index (χ1v) is 12.0. The van der Waals surface area contributed by atoms with Crippen molar-refractivity contribution in [3.05, 3.63) is 117 Å². The second-order valence-electron chi connectivity index (χ2n) is 10.6. The number of nitrogens with zero attached hydrogens (tertiary/aromatic N) is 1. The fourth-order valence-electron chi connectivity index (χ4n) is 5.04. The maximum atomic E-state index is 15.6. The van der Waals surface area contributed by atoms with Crippen LogP contribution in [0.15, 0.2) is 24.5 Å². The molecule has 1 aromatic heterocycles. The van der Waals surface area contributed by atoms with Gasteiger partial charge in [-0.15, -0.1) is 0 Å². The molecule has 44 heavy (non-hydrogen) atoms. The number of halogens is 15. The topological polar surface area (TPSA) is 3.88 Å². The molecule has 3 aromatic carbocycles. The Morgan fingerprint density at radius 1 is 0.386 bits per heavy atom. The largest absolute Gasteiger partial charge is 0.414 e. The van der Waals surface area contributed by atoms with Gasteiger partial charge < -0.3 is 4.48 Å². The number of rotatable bonds is 4. The van der Waals surface area contributed by atoms with Crippen LogP contribution in [0, 0.1) is 87.3 Å². The fourth-order valence-corrected chi connectivity index (χ4v) is 5.04. The van der Waals surface area contributed by atoms with Gasteiger partial charge in [0.2, 0.25) is 0 Å². The smallest absolute Gasteiger partial charge is 0.377 e. The predicted molar refractivity (Wildman–Crippen MR) is 124 cm³/mol. The first-order chi connectivity index (χ1) is 20.2. The average molecular weight is 647 g/mol. The minimum atomic E-state index is -5.85. The van der Waals surface area contributed by atoms with E-state index >= 15 is 26.3 Å². The summed E-state index contributed by atoms with van der Waals surface area (Å²) in [6, 6.07) is 1.72. The highest BCUT2D eigenvalue weighted by Gasteiger charge is 2.57. The summed E-state index contributed by atoms with van der Waals surface area (Å²) in [7, 11) is 0. The van der Waals surface area contributed by atoms with E-state index in [-0.39, 0.29) is 10.0 Å². The van der Waals surface area contributed by atoms with Crippen molar-refractivity contribution in [2.75, 3.05) is 0 Å². The number of aromatic nitrogens is 1. The van der Waals surface area contributed by atoms with E-state index in [0.29, 0.717) is 12.4 Å². The minimum Gasteiger partial charge on any atom is -0.414 e. The van der Waals surface area contributed by atoms with Crippen LogP contribution in [0.2, 0.25) is 0 Å². The second kappa shape index (κ2) is 10.8. The third-order valence-corrected chi connectivity index (χ3v) is 7.15. The summed E-state index contributed by atoms with van der Waals surface area (Å²) in [5.74, 6) is -45.7. The van der Waals surface area contributed by atoms with E-state index in [0.717, 1.165) is 12.1 Å². The van der Waals surface area contributed by atoms with E-state index in [9.17, 15) is 39.5 Å². The molecule has 0 aliphatic rings. The van der Waals surface area contributed by atoms with Gasteiger partial charge in [0.15, 0.2) is 52.4 Å². The Kier molecular flexibility index (Phi) is 8.01.